The molecular weight excluding hydrogens is 90.1 g/mol. The molecule has 1 heterocycles. The van der Waals surface area contributed by atoms with Gasteiger partial charge < -0.3 is 4.42 Å². The van der Waals surface area contributed by atoms with E-state index in [9.17, 15) is 0 Å². The van der Waals surface area contributed by atoms with Gasteiger partial charge in [-0.3, -0.25) is 0 Å². The molecule has 0 bridgehead atoms. The van der Waals surface area contributed by atoms with E-state index in [1.165, 1.54) is 12.3 Å². The summed E-state index contributed by atoms with van der Waals surface area (Å²) in [7, 11) is 0. The van der Waals surface area contributed by atoms with Crippen LogP contribution in [0.5, 0.6) is 0 Å². The predicted octanol–water partition coefficient (Wildman–Crippen LogP) is 0.951. The molecule has 2 heteroatoms. The number of nitrogens with zero attached hydrogens (tertiary/aromatic N) is 1. The Kier molecular flexibility index (Phi) is 0.833. The highest BCUT2D eigenvalue weighted by atomic mass is 16.3. The molecule has 1 radical (unpaired) electrons. The van der Waals surface area contributed by atoms with Crippen LogP contribution in [0.3, 0.4) is 0 Å². The summed E-state index contributed by atoms with van der Waals surface area (Å²) < 4.78 is 4.46. The minimum absolute atomic E-state index is 0.514. The van der Waals surface area contributed by atoms with E-state index < -0.39 is 0 Å². The molecule has 1 aromatic heterocycles. The average Bonchev–Trinajstić information content (AvgIpc) is 2.14. The maximum Gasteiger partial charge on any atom is 0.170 e. The Balaban J connectivity index is 3.04. The summed E-state index contributed by atoms with van der Waals surface area (Å²) in [5, 5.41) is 8.10. The quantitative estimate of drug-likeness (QED) is 0.477. The van der Waals surface area contributed by atoms with Crippen LogP contribution in [0.4, 0.5) is 0 Å². The number of hydrogen-bond donors (Lipinski definition) is 0. The molecule has 0 saturated carbocycles. The number of nitriles is 1. The van der Waals surface area contributed by atoms with Gasteiger partial charge in [-0.05, 0) is 0 Å². The first kappa shape index (κ1) is 3.94. The Hall–Kier alpha value is -1.23. The van der Waals surface area contributed by atoms with Crippen LogP contribution in [0, 0.1) is 17.6 Å². The van der Waals surface area contributed by atoms with E-state index in [0.717, 1.165) is 0 Å². The van der Waals surface area contributed by atoms with E-state index in [1.807, 2.05) is 6.07 Å². The smallest absolute Gasteiger partial charge is 0.170 e. The van der Waals surface area contributed by atoms with Gasteiger partial charge in [0.05, 0.1) is 5.56 Å². The average molecular weight is 92.1 g/mol. The van der Waals surface area contributed by atoms with E-state index in [4.69, 9.17) is 5.26 Å². The van der Waals surface area contributed by atoms with Gasteiger partial charge in [0.15, 0.2) is 6.26 Å². The van der Waals surface area contributed by atoms with E-state index in [1.54, 1.807) is 0 Å². The highest BCUT2D eigenvalue weighted by Crippen LogP contribution is 1.93. The molecule has 0 saturated heterocycles. The molecule has 2 nitrogen and oxygen atoms in total. The molecule has 0 N–H and O–H groups in total. The Bertz CT molecular complexity index is 170. The fourth-order valence-corrected chi connectivity index (χ4v) is 0.288. The van der Waals surface area contributed by atoms with E-state index in [0.29, 0.717) is 5.56 Å². The van der Waals surface area contributed by atoms with E-state index in [-0.39, 0.29) is 0 Å². The lowest BCUT2D eigenvalue weighted by Crippen LogP contribution is -1.54. The van der Waals surface area contributed by atoms with Crippen LogP contribution in [0.25, 0.3) is 0 Å². The van der Waals surface area contributed by atoms with Gasteiger partial charge in [-0.1, -0.05) is 0 Å². The molecule has 0 spiro atoms. The standard InChI is InChI=1S/C5H2NO/c6-3-5-1-2-7-4-5/h1,4H. The molecule has 0 aliphatic heterocycles. The monoisotopic (exact) mass is 92.0 g/mol. The SMILES string of the molecule is N#Cc1c[c]oc1. The molecule has 1 rings (SSSR count). The predicted molar refractivity (Wildman–Crippen MR) is 22.3 cm³/mol. The summed E-state index contributed by atoms with van der Waals surface area (Å²) in [5.74, 6) is 0. The highest BCUT2D eigenvalue weighted by Gasteiger charge is 1.84. The third kappa shape index (κ3) is 0.606. The molecule has 0 unspecified atom stereocenters. The third-order valence-corrected chi connectivity index (χ3v) is 0.597. The number of hydrogen-bond acceptors (Lipinski definition) is 2. The van der Waals surface area contributed by atoms with Crippen LogP contribution in [0.2, 0.25) is 0 Å². The fourth-order valence-electron chi connectivity index (χ4n) is 0.288. The molecular formula is C5H2NO. The lowest BCUT2D eigenvalue weighted by Gasteiger charge is -1.60. The lowest BCUT2D eigenvalue weighted by atomic mass is 10.4. The number of furan rings is 1. The van der Waals surface area contributed by atoms with Crippen LogP contribution in [0.1, 0.15) is 5.56 Å². The maximum absolute atomic E-state index is 8.10. The largest absolute Gasteiger partial charge is 0.460 e. The van der Waals surface area contributed by atoms with E-state index >= 15 is 0 Å². The third-order valence-electron chi connectivity index (χ3n) is 0.597. The summed E-state index contributed by atoms with van der Waals surface area (Å²) >= 11 is 0. The van der Waals surface area contributed by atoms with Crippen LogP contribution >= 0.6 is 0 Å². The molecule has 33 valence electrons. The molecule has 0 atom stereocenters. The summed E-state index contributed by atoms with van der Waals surface area (Å²) in [5.41, 5.74) is 0.514. The minimum atomic E-state index is 0.514. The summed E-state index contributed by atoms with van der Waals surface area (Å²) in [4.78, 5) is 0. The highest BCUT2D eigenvalue weighted by molar-refractivity contribution is 5.21. The molecule has 0 fully saturated rings. The maximum atomic E-state index is 8.10. The minimum Gasteiger partial charge on any atom is -0.460 e. The first-order valence-electron chi connectivity index (χ1n) is 1.78. The van der Waals surface area contributed by atoms with E-state index in [2.05, 4.69) is 10.7 Å². The van der Waals surface area contributed by atoms with Crippen molar-refractivity contribution in [3.05, 3.63) is 24.2 Å². The lowest BCUT2D eigenvalue weighted by molar-refractivity contribution is 0.557. The van der Waals surface area contributed by atoms with Gasteiger partial charge in [0.2, 0.25) is 0 Å². The summed E-state index contributed by atoms with van der Waals surface area (Å²) in [6.07, 6.45) is 3.73. The molecule has 1 aromatic rings. The Morgan fingerprint density at radius 3 is 3.00 bits per heavy atom. The molecule has 0 aliphatic rings. The van der Waals surface area contributed by atoms with Crippen LogP contribution < -0.4 is 0 Å². The van der Waals surface area contributed by atoms with Crippen molar-refractivity contribution >= 4 is 0 Å². The van der Waals surface area contributed by atoms with Gasteiger partial charge in [-0.2, -0.15) is 5.26 Å². The van der Waals surface area contributed by atoms with Gasteiger partial charge >= 0.3 is 0 Å². The van der Waals surface area contributed by atoms with Crippen molar-refractivity contribution < 1.29 is 4.42 Å². The van der Waals surface area contributed by atoms with Crippen molar-refractivity contribution in [2.45, 2.75) is 0 Å². The van der Waals surface area contributed by atoms with Gasteiger partial charge in [0.1, 0.15) is 12.3 Å². The zero-order valence-corrected chi connectivity index (χ0v) is 3.51. The first-order chi connectivity index (χ1) is 3.43. The van der Waals surface area contributed by atoms with Crippen molar-refractivity contribution in [3.8, 4) is 6.07 Å². The second-order valence-corrected chi connectivity index (χ2v) is 1.07. The second-order valence-electron chi connectivity index (χ2n) is 1.07. The molecule has 0 aliphatic carbocycles. The Labute approximate surface area is 41.0 Å². The van der Waals surface area contributed by atoms with Crippen molar-refractivity contribution in [2.75, 3.05) is 0 Å². The number of rotatable bonds is 0. The molecule has 0 aromatic carbocycles. The first-order valence-corrected chi connectivity index (χ1v) is 1.78. The Morgan fingerprint density at radius 1 is 1.86 bits per heavy atom. The molecule has 0 amide bonds. The zero-order chi connectivity index (χ0) is 5.11. The van der Waals surface area contributed by atoms with Gasteiger partial charge in [-0.15, -0.1) is 0 Å². The van der Waals surface area contributed by atoms with Gasteiger partial charge in [0.25, 0.3) is 0 Å². The topological polar surface area (TPSA) is 36.9 Å². The molecule has 7 heavy (non-hydrogen) atoms. The van der Waals surface area contributed by atoms with Crippen molar-refractivity contribution in [1.82, 2.24) is 0 Å². The zero-order valence-electron chi connectivity index (χ0n) is 3.51. The van der Waals surface area contributed by atoms with Gasteiger partial charge in [0, 0.05) is 6.07 Å². The van der Waals surface area contributed by atoms with Gasteiger partial charge in [-0.25, -0.2) is 0 Å². The fraction of sp³-hybridized carbons (Fsp3) is 0. The summed E-state index contributed by atoms with van der Waals surface area (Å²) in [6, 6.07) is 3.37. The Morgan fingerprint density at radius 2 is 2.71 bits per heavy atom. The second kappa shape index (κ2) is 1.48. The van der Waals surface area contributed by atoms with Crippen molar-refractivity contribution in [2.24, 2.45) is 0 Å². The van der Waals surface area contributed by atoms with Crippen molar-refractivity contribution in [1.29, 1.82) is 5.26 Å². The van der Waals surface area contributed by atoms with Crippen LogP contribution in [-0.2, 0) is 0 Å². The van der Waals surface area contributed by atoms with Crippen LogP contribution in [0.15, 0.2) is 16.7 Å². The van der Waals surface area contributed by atoms with Crippen molar-refractivity contribution in [3.63, 3.8) is 0 Å². The summed E-state index contributed by atoms with van der Waals surface area (Å²) in [6.45, 7) is 0. The van der Waals surface area contributed by atoms with Crippen LogP contribution in [-0.4, -0.2) is 0 Å². The normalized spacial score (nSPS) is 7.86.